The van der Waals surface area contributed by atoms with E-state index in [-0.39, 0.29) is 18.0 Å². The molecule has 182 valence electrons. The van der Waals surface area contributed by atoms with Crippen LogP contribution in [-0.2, 0) is 11.2 Å². The first-order chi connectivity index (χ1) is 15.3. The second-order valence-corrected chi connectivity index (χ2v) is 9.59. The number of hydrogen-bond acceptors (Lipinski definition) is 7. The Labute approximate surface area is 208 Å². The molecule has 0 aliphatic rings. The minimum absolute atomic E-state index is 0.0704. The maximum absolute atomic E-state index is 12.4. The summed E-state index contributed by atoms with van der Waals surface area (Å²) in [5.74, 6) is 0.308. The smallest absolute Gasteiger partial charge is 0.269 e. The highest BCUT2D eigenvalue weighted by Crippen LogP contribution is 2.34. The van der Waals surface area contributed by atoms with Gasteiger partial charge in [0.05, 0.1) is 16.1 Å². The van der Waals surface area contributed by atoms with E-state index in [1.54, 1.807) is 7.11 Å². The van der Waals surface area contributed by atoms with E-state index in [1.807, 2.05) is 12.1 Å². The number of carbonyl (C=O) groups excluding carboxylic acids is 1. The Morgan fingerprint density at radius 3 is 2.09 bits per heavy atom. The van der Waals surface area contributed by atoms with Gasteiger partial charge in [-0.2, -0.15) is 0 Å². The number of benzene rings is 1. The molecule has 0 aromatic heterocycles. The molecule has 1 aromatic rings. The number of amides is 1. The molecule has 0 saturated carbocycles. The van der Waals surface area contributed by atoms with E-state index in [0.29, 0.717) is 12.3 Å². The van der Waals surface area contributed by atoms with E-state index in [0.717, 1.165) is 72.9 Å². The summed E-state index contributed by atoms with van der Waals surface area (Å²) in [6.45, 7) is 5.34. The number of nitrogens with two attached hydrogens (primary N) is 1. The molecular weight excluding hydrogens is 542 g/mol. The van der Waals surface area contributed by atoms with E-state index in [2.05, 4.69) is 66.2 Å². The second kappa shape index (κ2) is 16.4. The molecule has 0 fully saturated rings. The van der Waals surface area contributed by atoms with Crippen molar-refractivity contribution in [3.05, 3.63) is 26.6 Å². The van der Waals surface area contributed by atoms with Crippen LogP contribution in [0.5, 0.6) is 5.75 Å². The quantitative estimate of drug-likeness (QED) is 0.121. The average molecular weight is 579 g/mol. The van der Waals surface area contributed by atoms with Crippen LogP contribution >= 0.6 is 31.9 Å². The number of hydrogen-bond donors (Lipinski definition) is 3. The van der Waals surface area contributed by atoms with Gasteiger partial charge in [0.25, 0.3) is 5.91 Å². The van der Waals surface area contributed by atoms with Gasteiger partial charge in [-0.15, -0.1) is 0 Å². The molecule has 0 aliphatic carbocycles. The maximum atomic E-state index is 12.4. The van der Waals surface area contributed by atoms with Crippen molar-refractivity contribution in [2.24, 2.45) is 10.9 Å². The molecule has 32 heavy (non-hydrogen) atoms. The third-order valence-corrected chi connectivity index (χ3v) is 6.27. The molecule has 4 N–H and O–H groups in total. The lowest BCUT2D eigenvalue weighted by Gasteiger charge is -2.19. The summed E-state index contributed by atoms with van der Waals surface area (Å²) >= 11 is 6.88. The number of carbonyl (C=O) groups is 1. The number of halogens is 2. The van der Waals surface area contributed by atoms with Gasteiger partial charge < -0.3 is 30.8 Å². The van der Waals surface area contributed by atoms with Gasteiger partial charge in [-0.1, -0.05) is 5.16 Å². The third-order valence-electron chi connectivity index (χ3n) is 5.09. The molecule has 1 amide bonds. The van der Waals surface area contributed by atoms with Crippen molar-refractivity contribution in [1.82, 2.24) is 15.1 Å². The van der Waals surface area contributed by atoms with Gasteiger partial charge in [-0.25, -0.2) is 0 Å². The fraction of sp³-hybridized carbons (Fsp3) is 0.636. The predicted octanol–water partition coefficient (Wildman–Crippen LogP) is 3.09. The van der Waals surface area contributed by atoms with Crippen LogP contribution in [0.25, 0.3) is 0 Å². The fourth-order valence-electron chi connectivity index (χ4n) is 3.27. The first kappa shape index (κ1) is 28.8. The summed E-state index contributed by atoms with van der Waals surface area (Å²) in [4.78, 5) is 17.0. The number of unbranched alkanes of at least 4 members (excludes halogenated alkanes) is 1. The van der Waals surface area contributed by atoms with Crippen molar-refractivity contribution in [2.45, 2.75) is 32.1 Å². The van der Waals surface area contributed by atoms with Gasteiger partial charge in [0.1, 0.15) is 11.5 Å². The normalized spacial score (nSPS) is 11.9. The molecular formula is C22H37Br2N5O3. The van der Waals surface area contributed by atoms with E-state index in [9.17, 15) is 10.0 Å². The highest BCUT2D eigenvalue weighted by molar-refractivity contribution is 9.11. The van der Waals surface area contributed by atoms with Crippen LogP contribution in [0.3, 0.4) is 0 Å². The zero-order valence-electron chi connectivity index (χ0n) is 19.4. The summed E-state index contributed by atoms with van der Waals surface area (Å²) < 4.78 is 6.80. The number of nitrogens with one attached hydrogen (secondary N) is 1. The predicted molar refractivity (Wildman–Crippen MR) is 137 cm³/mol. The lowest BCUT2D eigenvalue weighted by molar-refractivity contribution is -0.115. The Morgan fingerprint density at radius 2 is 1.59 bits per heavy atom. The molecule has 0 saturated heterocycles. The van der Waals surface area contributed by atoms with Crippen LogP contribution in [0, 0.1) is 0 Å². The SMILES string of the molecule is COc1c(Br)cc(C/C(=N\O)C(=O)NCCCN(C)CCCCN(C)CCCN)cc1Br. The molecule has 1 rings (SSSR count). The highest BCUT2D eigenvalue weighted by Gasteiger charge is 2.15. The Morgan fingerprint density at radius 1 is 1.06 bits per heavy atom. The van der Waals surface area contributed by atoms with Crippen LogP contribution in [0.1, 0.15) is 31.2 Å². The van der Waals surface area contributed by atoms with Gasteiger partial charge in [-0.3, -0.25) is 4.79 Å². The molecule has 0 bridgehead atoms. The molecule has 0 spiro atoms. The van der Waals surface area contributed by atoms with E-state index < -0.39 is 0 Å². The lowest BCUT2D eigenvalue weighted by Crippen LogP contribution is -2.34. The van der Waals surface area contributed by atoms with Crippen LogP contribution in [0.2, 0.25) is 0 Å². The highest BCUT2D eigenvalue weighted by atomic mass is 79.9. The maximum Gasteiger partial charge on any atom is 0.269 e. The fourth-order valence-corrected chi connectivity index (χ4v) is 4.87. The molecule has 10 heteroatoms. The van der Waals surface area contributed by atoms with Crippen LogP contribution in [0.15, 0.2) is 26.2 Å². The largest absolute Gasteiger partial charge is 0.494 e. The standard InChI is InChI=1S/C22H37Br2N5O3/c1-28(12-6-8-25)10-4-5-11-29(2)13-7-9-26-22(30)20(27-31)16-17-14-18(23)21(32-3)19(24)15-17/h14-15,31H,4-13,16,25H2,1-3H3,(H,26,30)/b27-20+. The minimum atomic E-state index is -0.362. The van der Waals surface area contributed by atoms with Crippen molar-refractivity contribution < 1.29 is 14.7 Å². The van der Waals surface area contributed by atoms with Crippen LogP contribution < -0.4 is 15.8 Å². The van der Waals surface area contributed by atoms with E-state index in [1.165, 1.54) is 0 Å². The Kier molecular flexibility index (Phi) is 14.8. The second-order valence-electron chi connectivity index (χ2n) is 7.88. The van der Waals surface area contributed by atoms with Crippen LogP contribution in [-0.4, -0.2) is 87.1 Å². The monoisotopic (exact) mass is 577 g/mol. The molecule has 0 aliphatic heterocycles. The molecule has 1 aromatic carbocycles. The van der Waals surface area contributed by atoms with Crippen molar-refractivity contribution in [1.29, 1.82) is 0 Å². The first-order valence-electron chi connectivity index (χ1n) is 10.9. The summed E-state index contributed by atoms with van der Waals surface area (Å²) in [5, 5.41) is 15.4. The van der Waals surface area contributed by atoms with E-state index in [4.69, 9.17) is 10.5 Å². The third kappa shape index (κ3) is 11.1. The van der Waals surface area contributed by atoms with Crippen molar-refractivity contribution >= 4 is 43.5 Å². The molecule has 0 unspecified atom stereocenters. The first-order valence-corrected chi connectivity index (χ1v) is 12.5. The van der Waals surface area contributed by atoms with E-state index >= 15 is 0 Å². The topological polar surface area (TPSA) is 103 Å². The van der Waals surface area contributed by atoms with Gasteiger partial charge in [0, 0.05) is 13.0 Å². The summed E-state index contributed by atoms with van der Waals surface area (Å²) in [6, 6.07) is 3.68. The Hall–Kier alpha value is -1.20. The van der Waals surface area contributed by atoms with Gasteiger partial charge in [0.15, 0.2) is 0 Å². The van der Waals surface area contributed by atoms with Gasteiger partial charge >= 0.3 is 0 Å². The Bertz CT molecular complexity index is 711. The summed E-state index contributed by atoms with van der Waals surface area (Å²) in [5.41, 5.74) is 6.43. The van der Waals surface area contributed by atoms with Gasteiger partial charge in [0.2, 0.25) is 0 Å². The number of nitrogens with zero attached hydrogens (tertiary/aromatic N) is 3. The minimum Gasteiger partial charge on any atom is -0.494 e. The molecule has 0 heterocycles. The Balaban J connectivity index is 2.30. The zero-order chi connectivity index (χ0) is 23.9. The lowest BCUT2D eigenvalue weighted by atomic mass is 10.1. The molecule has 0 atom stereocenters. The summed E-state index contributed by atoms with van der Waals surface area (Å²) in [6.07, 6.45) is 4.39. The number of ether oxygens (including phenoxy) is 1. The van der Waals surface area contributed by atoms with Crippen molar-refractivity contribution in [3.8, 4) is 5.75 Å². The number of rotatable bonds is 16. The van der Waals surface area contributed by atoms with Crippen molar-refractivity contribution in [3.63, 3.8) is 0 Å². The van der Waals surface area contributed by atoms with Crippen LogP contribution in [0.4, 0.5) is 0 Å². The molecule has 8 nitrogen and oxygen atoms in total. The zero-order valence-corrected chi connectivity index (χ0v) is 22.5. The molecule has 0 radical (unpaired) electrons. The summed E-state index contributed by atoms with van der Waals surface area (Å²) in [7, 11) is 5.82. The van der Waals surface area contributed by atoms with Crippen molar-refractivity contribution in [2.75, 3.05) is 60.5 Å². The van der Waals surface area contributed by atoms with Gasteiger partial charge in [-0.05, 0) is 122 Å². The average Bonchev–Trinajstić information content (AvgIpc) is 2.76. The number of methoxy groups -OCH3 is 1. The number of oxime groups is 1.